The predicted octanol–water partition coefficient (Wildman–Crippen LogP) is 3.65. The quantitative estimate of drug-likeness (QED) is 0.796. The molecule has 1 fully saturated rings. The maximum absolute atomic E-state index is 5.85. The molecule has 3 heteroatoms. The molecule has 0 amide bonds. The molecule has 18 heavy (non-hydrogen) atoms. The SMILES string of the molecule is CC(C)c1ccc(OCC2(CC(N)=S)CC2)cc1. The van der Waals surface area contributed by atoms with E-state index >= 15 is 0 Å². The number of rotatable bonds is 6. The molecule has 0 saturated heterocycles. The Bertz CT molecular complexity index is 421. The molecule has 0 bridgehead atoms. The van der Waals surface area contributed by atoms with E-state index in [1.54, 1.807) is 0 Å². The van der Waals surface area contributed by atoms with Gasteiger partial charge in [-0.05, 0) is 36.5 Å². The van der Waals surface area contributed by atoms with Gasteiger partial charge < -0.3 is 10.5 Å². The summed E-state index contributed by atoms with van der Waals surface area (Å²) in [5, 5.41) is 0. The van der Waals surface area contributed by atoms with Gasteiger partial charge in [0.2, 0.25) is 0 Å². The third-order valence-electron chi connectivity index (χ3n) is 3.60. The van der Waals surface area contributed by atoms with Gasteiger partial charge in [-0.1, -0.05) is 38.2 Å². The molecule has 0 unspecified atom stereocenters. The zero-order valence-electron chi connectivity index (χ0n) is 11.1. The van der Waals surface area contributed by atoms with E-state index < -0.39 is 0 Å². The van der Waals surface area contributed by atoms with Gasteiger partial charge in [-0.15, -0.1) is 0 Å². The summed E-state index contributed by atoms with van der Waals surface area (Å²) in [6.45, 7) is 5.11. The molecule has 1 saturated carbocycles. The molecule has 0 aliphatic heterocycles. The van der Waals surface area contributed by atoms with Crippen LogP contribution in [0.4, 0.5) is 0 Å². The molecule has 0 aromatic heterocycles. The minimum atomic E-state index is 0.225. The Morgan fingerprint density at radius 3 is 2.39 bits per heavy atom. The first kappa shape index (κ1) is 13.3. The van der Waals surface area contributed by atoms with Crippen molar-refractivity contribution >= 4 is 17.2 Å². The van der Waals surface area contributed by atoms with Crippen LogP contribution in [0, 0.1) is 5.41 Å². The van der Waals surface area contributed by atoms with Gasteiger partial charge in [0.05, 0.1) is 11.6 Å². The summed E-state index contributed by atoms with van der Waals surface area (Å²) in [6.07, 6.45) is 3.16. The van der Waals surface area contributed by atoms with Crippen LogP contribution in [-0.2, 0) is 0 Å². The number of benzene rings is 1. The van der Waals surface area contributed by atoms with Crippen LogP contribution in [0.2, 0.25) is 0 Å². The first-order valence-electron chi connectivity index (χ1n) is 6.52. The van der Waals surface area contributed by atoms with Crippen molar-refractivity contribution in [2.24, 2.45) is 11.1 Å². The third-order valence-corrected chi connectivity index (χ3v) is 3.74. The molecule has 1 aliphatic carbocycles. The number of hydrogen-bond donors (Lipinski definition) is 1. The van der Waals surface area contributed by atoms with Crippen molar-refractivity contribution in [2.45, 2.75) is 39.0 Å². The Balaban J connectivity index is 1.89. The lowest BCUT2D eigenvalue weighted by atomic mass is 10.0. The largest absolute Gasteiger partial charge is 0.493 e. The highest BCUT2D eigenvalue weighted by molar-refractivity contribution is 7.80. The molecule has 1 aromatic carbocycles. The molecule has 2 nitrogen and oxygen atoms in total. The Morgan fingerprint density at radius 2 is 1.94 bits per heavy atom. The van der Waals surface area contributed by atoms with Crippen molar-refractivity contribution in [1.82, 2.24) is 0 Å². The number of thiocarbonyl (C=S) groups is 1. The molecule has 0 radical (unpaired) electrons. The zero-order valence-corrected chi connectivity index (χ0v) is 11.9. The van der Waals surface area contributed by atoms with E-state index in [2.05, 4.69) is 26.0 Å². The second kappa shape index (κ2) is 5.27. The third kappa shape index (κ3) is 3.45. The summed E-state index contributed by atoms with van der Waals surface area (Å²) in [6, 6.07) is 8.36. The molecule has 0 heterocycles. The van der Waals surface area contributed by atoms with E-state index in [9.17, 15) is 0 Å². The fourth-order valence-electron chi connectivity index (χ4n) is 2.10. The van der Waals surface area contributed by atoms with Crippen LogP contribution in [0.25, 0.3) is 0 Å². The van der Waals surface area contributed by atoms with E-state index in [4.69, 9.17) is 22.7 Å². The van der Waals surface area contributed by atoms with E-state index in [1.807, 2.05) is 12.1 Å². The van der Waals surface area contributed by atoms with Crippen molar-refractivity contribution < 1.29 is 4.74 Å². The first-order valence-corrected chi connectivity index (χ1v) is 6.93. The Hall–Kier alpha value is -1.09. The van der Waals surface area contributed by atoms with E-state index in [1.165, 1.54) is 18.4 Å². The summed E-state index contributed by atoms with van der Waals surface area (Å²) < 4.78 is 5.85. The van der Waals surface area contributed by atoms with Crippen molar-refractivity contribution in [3.8, 4) is 5.75 Å². The van der Waals surface area contributed by atoms with E-state index in [0.29, 0.717) is 10.9 Å². The van der Waals surface area contributed by atoms with Gasteiger partial charge in [0, 0.05) is 11.8 Å². The molecule has 2 N–H and O–H groups in total. The van der Waals surface area contributed by atoms with E-state index in [0.717, 1.165) is 18.8 Å². The fraction of sp³-hybridized carbons (Fsp3) is 0.533. The lowest BCUT2D eigenvalue weighted by molar-refractivity contribution is 0.239. The molecular weight excluding hydrogens is 242 g/mol. The van der Waals surface area contributed by atoms with Gasteiger partial charge in [-0.3, -0.25) is 0 Å². The van der Waals surface area contributed by atoms with Crippen LogP contribution in [0.5, 0.6) is 5.75 Å². The van der Waals surface area contributed by atoms with Gasteiger partial charge in [-0.25, -0.2) is 0 Å². The molecule has 0 spiro atoms. The first-order chi connectivity index (χ1) is 8.51. The van der Waals surface area contributed by atoms with Crippen LogP contribution in [0.3, 0.4) is 0 Å². The molecule has 0 atom stereocenters. The summed E-state index contributed by atoms with van der Waals surface area (Å²) in [5.74, 6) is 1.50. The molecule has 98 valence electrons. The monoisotopic (exact) mass is 263 g/mol. The van der Waals surface area contributed by atoms with Gasteiger partial charge in [0.25, 0.3) is 0 Å². The van der Waals surface area contributed by atoms with Gasteiger partial charge in [0.1, 0.15) is 5.75 Å². The molecule has 2 rings (SSSR count). The molecule has 1 aliphatic rings. The van der Waals surface area contributed by atoms with Crippen molar-refractivity contribution in [1.29, 1.82) is 0 Å². The summed E-state index contributed by atoms with van der Waals surface area (Å²) in [5.41, 5.74) is 7.18. The van der Waals surface area contributed by atoms with Gasteiger partial charge in [-0.2, -0.15) is 0 Å². The number of nitrogens with two attached hydrogens (primary N) is 1. The second-order valence-corrected chi connectivity index (χ2v) is 6.18. The Kier molecular flexibility index (Phi) is 3.91. The van der Waals surface area contributed by atoms with Gasteiger partial charge >= 0.3 is 0 Å². The molecular formula is C15H21NOS. The van der Waals surface area contributed by atoms with Crippen molar-refractivity contribution in [2.75, 3.05) is 6.61 Å². The summed E-state index contributed by atoms with van der Waals surface area (Å²) in [4.78, 5) is 0.603. The second-order valence-electron chi connectivity index (χ2n) is 5.66. The Morgan fingerprint density at radius 1 is 1.33 bits per heavy atom. The predicted molar refractivity (Wildman–Crippen MR) is 79.1 cm³/mol. The maximum atomic E-state index is 5.85. The minimum absolute atomic E-state index is 0.225. The van der Waals surface area contributed by atoms with Crippen LogP contribution >= 0.6 is 12.2 Å². The summed E-state index contributed by atoms with van der Waals surface area (Å²) in [7, 11) is 0. The Labute approximate surface area is 115 Å². The fourth-order valence-corrected chi connectivity index (χ4v) is 2.41. The lowest BCUT2D eigenvalue weighted by Gasteiger charge is -2.16. The highest BCUT2D eigenvalue weighted by atomic mass is 32.1. The maximum Gasteiger partial charge on any atom is 0.119 e. The average Bonchev–Trinajstić information content (AvgIpc) is 3.06. The standard InChI is InChI=1S/C15H21NOS/c1-11(2)12-3-5-13(6-4-12)17-10-15(7-8-15)9-14(16)18/h3-6,11H,7-10H2,1-2H3,(H2,16,18). The highest BCUT2D eigenvalue weighted by Crippen LogP contribution is 2.49. The van der Waals surface area contributed by atoms with Crippen LogP contribution in [-0.4, -0.2) is 11.6 Å². The molecule has 1 aromatic rings. The van der Waals surface area contributed by atoms with Crippen LogP contribution in [0.15, 0.2) is 24.3 Å². The van der Waals surface area contributed by atoms with Crippen LogP contribution < -0.4 is 10.5 Å². The van der Waals surface area contributed by atoms with Crippen LogP contribution in [0.1, 0.15) is 44.6 Å². The summed E-state index contributed by atoms with van der Waals surface area (Å²) >= 11 is 4.98. The zero-order chi connectivity index (χ0) is 13.2. The smallest absolute Gasteiger partial charge is 0.119 e. The van der Waals surface area contributed by atoms with Crippen molar-refractivity contribution in [3.63, 3.8) is 0 Å². The van der Waals surface area contributed by atoms with E-state index in [-0.39, 0.29) is 5.41 Å². The average molecular weight is 263 g/mol. The topological polar surface area (TPSA) is 35.2 Å². The minimum Gasteiger partial charge on any atom is -0.493 e. The van der Waals surface area contributed by atoms with Crippen molar-refractivity contribution in [3.05, 3.63) is 29.8 Å². The lowest BCUT2D eigenvalue weighted by Crippen LogP contribution is -2.20. The highest BCUT2D eigenvalue weighted by Gasteiger charge is 2.43. The number of ether oxygens (including phenoxy) is 1. The normalized spacial score (nSPS) is 16.6. The number of hydrogen-bond acceptors (Lipinski definition) is 2. The van der Waals surface area contributed by atoms with Gasteiger partial charge in [0.15, 0.2) is 0 Å².